The predicted molar refractivity (Wildman–Crippen MR) is 110 cm³/mol. The highest BCUT2D eigenvalue weighted by Gasteiger charge is 2.28. The minimum Gasteiger partial charge on any atom is -0.492 e. The summed E-state index contributed by atoms with van der Waals surface area (Å²) in [5.41, 5.74) is 2.45. The fourth-order valence-corrected chi connectivity index (χ4v) is 3.60. The number of aromatic nitrogens is 1. The van der Waals surface area contributed by atoms with Crippen molar-refractivity contribution in [1.29, 1.82) is 0 Å². The fourth-order valence-electron chi connectivity index (χ4n) is 3.60. The molecule has 0 radical (unpaired) electrons. The van der Waals surface area contributed by atoms with Gasteiger partial charge in [0.2, 0.25) is 0 Å². The van der Waals surface area contributed by atoms with Crippen LogP contribution in [0.1, 0.15) is 48.7 Å². The lowest BCUT2D eigenvalue weighted by molar-refractivity contribution is 0.0816. The number of nitrogens with zero attached hydrogens (tertiary/aromatic N) is 1. The number of benzene rings is 2. The van der Waals surface area contributed by atoms with Crippen LogP contribution in [0.3, 0.4) is 0 Å². The van der Waals surface area contributed by atoms with Crippen LogP contribution in [0.4, 0.5) is 0 Å². The van der Waals surface area contributed by atoms with E-state index in [-0.39, 0.29) is 11.7 Å². The lowest BCUT2D eigenvalue weighted by Crippen LogP contribution is -2.27. The topological polar surface area (TPSA) is 48.4 Å². The number of ether oxygens (including phenoxy) is 2. The van der Waals surface area contributed by atoms with Gasteiger partial charge in [-0.05, 0) is 36.8 Å². The minimum absolute atomic E-state index is 0.0449. The highest BCUT2D eigenvalue weighted by atomic mass is 16.5. The number of para-hydroxylation sites is 1. The molecule has 2 aromatic carbocycles. The maximum absolute atomic E-state index is 12.8. The number of carbonyl (C=O) groups is 1. The summed E-state index contributed by atoms with van der Waals surface area (Å²) >= 11 is 0. The van der Waals surface area contributed by atoms with Crippen molar-refractivity contribution in [2.45, 2.75) is 39.2 Å². The van der Waals surface area contributed by atoms with Gasteiger partial charge in [0.05, 0.1) is 29.3 Å². The normalized spacial score (nSPS) is 15.9. The van der Waals surface area contributed by atoms with Crippen molar-refractivity contribution in [3.05, 3.63) is 65.9 Å². The van der Waals surface area contributed by atoms with Crippen LogP contribution in [-0.4, -0.2) is 17.4 Å². The minimum atomic E-state index is -0.0449. The molecule has 0 N–H and O–H groups in total. The van der Waals surface area contributed by atoms with Crippen LogP contribution in [0.5, 0.6) is 11.5 Å². The zero-order valence-electron chi connectivity index (χ0n) is 16.2. The predicted octanol–water partition coefficient (Wildman–Crippen LogP) is 5.59. The molecule has 1 aliphatic rings. The number of hydrogen-bond acceptors (Lipinski definition) is 4. The van der Waals surface area contributed by atoms with Crippen molar-refractivity contribution in [3.8, 4) is 11.5 Å². The van der Waals surface area contributed by atoms with Gasteiger partial charge in [-0.2, -0.15) is 0 Å². The second-order valence-corrected chi connectivity index (χ2v) is 7.31. The molecule has 0 bridgehead atoms. The highest BCUT2D eigenvalue weighted by molar-refractivity contribution is 6.01. The Morgan fingerprint density at radius 2 is 2.00 bits per heavy atom. The number of Topliss-reactive ketones (excluding diaryl/α,β-unsaturated/α-hetero) is 1. The average molecular weight is 375 g/mol. The molecular formula is C24H25NO3. The maximum atomic E-state index is 12.8. The lowest BCUT2D eigenvalue weighted by Gasteiger charge is -2.24. The van der Waals surface area contributed by atoms with Crippen LogP contribution >= 0.6 is 0 Å². The number of rotatable bonds is 7. The smallest absolute Gasteiger partial charge is 0.173 e. The van der Waals surface area contributed by atoms with Gasteiger partial charge in [0.15, 0.2) is 5.78 Å². The van der Waals surface area contributed by atoms with Crippen molar-refractivity contribution in [3.63, 3.8) is 0 Å². The molecule has 4 heteroatoms. The average Bonchev–Trinajstić information content (AvgIpc) is 2.74. The Hall–Kier alpha value is -2.88. The summed E-state index contributed by atoms with van der Waals surface area (Å²) in [7, 11) is 0. The summed E-state index contributed by atoms with van der Waals surface area (Å²) in [4.78, 5) is 17.5. The van der Waals surface area contributed by atoms with Crippen LogP contribution in [0.25, 0.3) is 10.9 Å². The van der Waals surface area contributed by atoms with Crippen LogP contribution < -0.4 is 9.47 Å². The molecule has 1 aliphatic heterocycles. The van der Waals surface area contributed by atoms with Gasteiger partial charge in [-0.3, -0.25) is 4.79 Å². The first-order chi connectivity index (χ1) is 13.7. The van der Waals surface area contributed by atoms with Crippen LogP contribution in [0.15, 0.2) is 54.6 Å². The number of hydrogen-bond donors (Lipinski definition) is 0. The van der Waals surface area contributed by atoms with E-state index < -0.39 is 0 Å². The second kappa shape index (κ2) is 8.42. The molecule has 0 saturated heterocycles. The Balaban J connectivity index is 1.45. The Morgan fingerprint density at radius 1 is 1.11 bits per heavy atom. The van der Waals surface area contributed by atoms with E-state index >= 15 is 0 Å². The van der Waals surface area contributed by atoms with Crippen molar-refractivity contribution >= 4 is 16.7 Å². The first kappa shape index (κ1) is 18.5. The summed E-state index contributed by atoms with van der Waals surface area (Å²) < 4.78 is 11.7. The van der Waals surface area contributed by atoms with Gasteiger partial charge in [0, 0.05) is 5.39 Å². The van der Waals surface area contributed by atoms with Crippen molar-refractivity contribution in [2.24, 2.45) is 5.92 Å². The van der Waals surface area contributed by atoms with E-state index in [2.05, 4.69) is 11.9 Å². The molecule has 3 aromatic rings. The fraction of sp³-hybridized carbons (Fsp3) is 0.333. The standard InChI is InChI=1S/C24H25NO3/c1-2-3-4-8-18-15-28-23-13-12-20(14-21(23)24(18)26)27-16-19-11-10-17-7-5-6-9-22(17)25-19/h5-7,9-14,18H,2-4,8,15-16H2,1H3. The van der Waals surface area contributed by atoms with E-state index in [1.165, 1.54) is 0 Å². The van der Waals surface area contributed by atoms with Crippen LogP contribution in [0, 0.1) is 5.92 Å². The summed E-state index contributed by atoms with van der Waals surface area (Å²) in [5, 5.41) is 1.11. The highest BCUT2D eigenvalue weighted by Crippen LogP contribution is 2.32. The number of pyridine rings is 1. The van der Waals surface area contributed by atoms with Gasteiger partial charge in [-0.25, -0.2) is 4.98 Å². The van der Waals surface area contributed by atoms with E-state index in [1.807, 2.05) is 54.6 Å². The first-order valence-electron chi connectivity index (χ1n) is 10.0. The molecule has 2 heterocycles. The van der Waals surface area contributed by atoms with E-state index in [1.54, 1.807) is 0 Å². The largest absolute Gasteiger partial charge is 0.492 e. The summed E-state index contributed by atoms with van der Waals surface area (Å²) in [6.07, 6.45) is 4.26. The van der Waals surface area contributed by atoms with E-state index in [0.717, 1.165) is 42.3 Å². The Morgan fingerprint density at radius 3 is 2.89 bits per heavy atom. The molecule has 0 fully saturated rings. The monoisotopic (exact) mass is 375 g/mol. The summed E-state index contributed by atoms with van der Waals surface area (Å²) in [6, 6.07) is 17.5. The number of carbonyl (C=O) groups excluding carboxylic acids is 1. The zero-order valence-corrected chi connectivity index (χ0v) is 16.2. The quantitative estimate of drug-likeness (QED) is 0.505. The third-order valence-corrected chi connectivity index (χ3v) is 5.23. The molecule has 0 spiro atoms. The Bertz CT molecular complexity index is 983. The third-order valence-electron chi connectivity index (χ3n) is 5.23. The first-order valence-corrected chi connectivity index (χ1v) is 10.0. The Kier molecular flexibility index (Phi) is 5.56. The summed E-state index contributed by atoms with van der Waals surface area (Å²) in [5.74, 6) is 1.45. The van der Waals surface area contributed by atoms with Gasteiger partial charge in [-0.1, -0.05) is 50.5 Å². The SMILES string of the molecule is CCCCCC1COc2ccc(OCc3ccc4ccccc4n3)cc2C1=O. The molecule has 28 heavy (non-hydrogen) atoms. The maximum Gasteiger partial charge on any atom is 0.173 e. The van der Waals surface area contributed by atoms with Gasteiger partial charge in [0.25, 0.3) is 0 Å². The van der Waals surface area contributed by atoms with Gasteiger partial charge >= 0.3 is 0 Å². The lowest BCUT2D eigenvalue weighted by atomic mass is 9.90. The van der Waals surface area contributed by atoms with Crippen molar-refractivity contribution in [2.75, 3.05) is 6.61 Å². The molecule has 0 saturated carbocycles. The second-order valence-electron chi connectivity index (χ2n) is 7.31. The molecule has 4 nitrogen and oxygen atoms in total. The number of unbranched alkanes of at least 4 members (excludes halogenated alkanes) is 2. The zero-order chi connectivity index (χ0) is 19.3. The third kappa shape index (κ3) is 4.01. The Labute approximate surface area is 165 Å². The molecule has 1 unspecified atom stereocenters. The molecule has 1 atom stereocenters. The van der Waals surface area contributed by atoms with Gasteiger partial charge in [0.1, 0.15) is 18.1 Å². The molecular weight excluding hydrogens is 350 g/mol. The van der Waals surface area contributed by atoms with Crippen molar-refractivity contribution in [1.82, 2.24) is 4.98 Å². The molecule has 144 valence electrons. The van der Waals surface area contributed by atoms with E-state index in [4.69, 9.17) is 9.47 Å². The molecule has 4 rings (SSSR count). The van der Waals surface area contributed by atoms with Gasteiger partial charge < -0.3 is 9.47 Å². The number of fused-ring (bicyclic) bond motifs is 2. The van der Waals surface area contributed by atoms with E-state index in [0.29, 0.717) is 30.3 Å². The van der Waals surface area contributed by atoms with E-state index in [9.17, 15) is 4.79 Å². The van der Waals surface area contributed by atoms with Crippen LogP contribution in [-0.2, 0) is 6.61 Å². The van der Waals surface area contributed by atoms with Crippen LogP contribution in [0.2, 0.25) is 0 Å². The molecule has 0 amide bonds. The molecule has 1 aromatic heterocycles. The number of ketones is 1. The molecule has 0 aliphatic carbocycles. The van der Waals surface area contributed by atoms with Gasteiger partial charge in [-0.15, -0.1) is 0 Å². The van der Waals surface area contributed by atoms with Crippen molar-refractivity contribution < 1.29 is 14.3 Å². The summed E-state index contributed by atoms with van der Waals surface area (Å²) in [6.45, 7) is 3.01.